The van der Waals surface area contributed by atoms with E-state index in [1.165, 1.54) is 0 Å². The summed E-state index contributed by atoms with van der Waals surface area (Å²) in [5.41, 5.74) is 2.19. The first kappa shape index (κ1) is 12.3. The fourth-order valence-corrected chi connectivity index (χ4v) is 2.17. The fraction of sp³-hybridized carbons (Fsp3) is 0.333. The number of aromatic nitrogens is 1. The maximum Gasteiger partial charge on any atom is 0.186 e. The Morgan fingerprint density at radius 3 is 2.82 bits per heavy atom. The van der Waals surface area contributed by atoms with Crippen molar-refractivity contribution in [3.63, 3.8) is 0 Å². The largest absolute Gasteiger partial charge is 0.474 e. The SMILES string of the molecule is CC1OC(=S)C=C1N(C)Cc1ccc(Cl)nc1. The smallest absolute Gasteiger partial charge is 0.186 e. The van der Waals surface area contributed by atoms with Crippen molar-refractivity contribution < 1.29 is 4.74 Å². The minimum absolute atomic E-state index is 0.0211. The number of thiocarbonyl (C=S) groups is 1. The van der Waals surface area contributed by atoms with Crippen LogP contribution in [0, 0.1) is 0 Å². The summed E-state index contributed by atoms with van der Waals surface area (Å²) in [6.07, 6.45) is 3.69. The Morgan fingerprint density at radius 1 is 1.53 bits per heavy atom. The van der Waals surface area contributed by atoms with Crippen LogP contribution in [0.5, 0.6) is 0 Å². The Bertz CT molecular complexity index is 458. The van der Waals surface area contributed by atoms with Gasteiger partial charge in [0.15, 0.2) is 5.05 Å². The maximum absolute atomic E-state index is 5.74. The Kier molecular flexibility index (Phi) is 3.64. The van der Waals surface area contributed by atoms with E-state index in [1.807, 2.05) is 26.1 Å². The standard InChI is InChI=1S/C12H13ClN2OS/c1-8-10(5-12(17)16-8)15(2)7-9-3-4-11(13)14-6-9/h3-6,8H,7H2,1-2H3. The number of ether oxygens (including phenoxy) is 1. The highest BCUT2D eigenvalue weighted by Crippen LogP contribution is 2.20. The molecule has 5 heteroatoms. The van der Waals surface area contributed by atoms with Gasteiger partial charge in [-0.25, -0.2) is 4.98 Å². The number of hydrogen-bond acceptors (Lipinski definition) is 4. The van der Waals surface area contributed by atoms with Crippen LogP contribution in [0.25, 0.3) is 0 Å². The minimum Gasteiger partial charge on any atom is -0.474 e. The van der Waals surface area contributed by atoms with Crippen molar-refractivity contribution in [3.8, 4) is 0 Å². The molecular weight excluding hydrogens is 256 g/mol. The summed E-state index contributed by atoms with van der Waals surface area (Å²) < 4.78 is 5.41. The van der Waals surface area contributed by atoms with Gasteiger partial charge in [0.1, 0.15) is 11.3 Å². The van der Waals surface area contributed by atoms with Crippen LogP contribution in [-0.4, -0.2) is 28.1 Å². The summed E-state index contributed by atoms with van der Waals surface area (Å²) in [4.78, 5) is 6.16. The van der Waals surface area contributed by atoms with Gasteiger partial charge in [-0.05, 0) is 30.8 Å². The first-order chi connectivity index (χ1) is 8.06. The van der Waals surface area contributed by atoms with Crippen LogP contribution in [0.4, 0.5) is 0 Å². The Balaban J connectivity index is 2.06. The van der Waals surface area contributed by atoms with Gasteiger partial charge in [-0.3, -0.25) is 0 Å². The summed E-state index contributed by atoms with van der Waals surface area (Å²) in [6.45, 7) is 2.74. The van der Waals surface area contributed by atoms with E-state index in [4.69, 9.17) is 28.6 Å². The molecule has 3 nitrogen and oxygen atoms in total. The summed E-state index contributed by atoms with van der Waals surface area (Å²) in [5.74, 6) is 0. The summed E-state index contributed by atoms with van der Waals surface area (Å²) in [7, 11) is 2.01. The molecule has 1 aromatic heterocycles. The molecule has 0 saturated carbocycles. The third-order valence-corrected chi connectivity index (χ3v) is 3.06. The van der Waals surface area contributed by atoms with Crippen molar-refractivity contribution in [1.82, 2.24) is 9.88 Å². The van der Waals surface area contributed by atoms with Crippen molar-refractivity contribution in [2.24, 2.45) is 0 Å². The lowest BCUT2D eigenvalue weighted by atomic mass is 10.2. The van der Waals surface area contributed by atoms with E-state index in [-0.39, 0.29) is 6.10 Å². The molecule has 1 aliphatic heterocycles. The molecule has 0 saturated heterocycles. The summed E-state index contributed by atoms with van der Waals surface area (Å²) in [6, 6.07) is 3.75. The zero-order valence-corrected chi connectivity index (χ0v) is 11.3. The second-order valence-corrected chi connectivity index (χ2v) is 4.78. The van der Waals surface area contributed by atoms with Gasteiger partial charge in [0.25, 0.3) is 0 Å². The highest BCUT2D eigenvalue weighted by Gasteiger charge is 2.22. The molecule has 1 unspecified atom stereocenters. The quantitative estimate of drug-likeness (QED) is 0.622. The third kappa shape index (κ3) is 2.96. The first-order valence-electron chi connectivity index (χ1n) is 5.30. The van der Waals surface area contributed by atoms with Crippen LogP contribution in [0.15, 0.2) is 30.1 Å². The molecule has 1 aliphatic rings. The van der Waals surface area contributed by atoms with E-state index in [9.17, 15) is 0 Å². The molecule has 0 aromatic carbocycles. The number of hydrogen-bond donors (Lipinski definition) is 0. The average molecular weight is 269 g/mol. The maximum atomic E-state index is 5.74. The molecule has 1 atom stereocenters. The van der Waals surface area contributed by atoms with Crippen LogP contribution < -0.4 is 0 Å². The van der Waals surface area contributed by atoms with Crippen molar-refractivity contribution in [2.75, 3.05) is 7.05 Å². The molecule has 2 heterocycles. The van der Waals surface area contributed by atoms with Gasteiger partial charge in [0.2, 0.25) is 0 Å². The number of pyridine rings is 1. The molecule has 0 fully saturated rings. The van der Waals surface area contributed by atoms with Crippen molar-refractivity contribution in [2.45, 2.75) is 19.6 Å². The Morgan fingerprint density at radius 2 is 2.29 bits per heavy atom. The van der Waals surface area contributed by atoms with Gasteiger partial charge >= 0.3 is 0 Å². The second kappa shape index (κ2) is 5.02. The molecule has 0 N–H and O–H groups in total. The van der Waals surface area contributed by atoms with E-state index >= 15 is 0 Å². The average Bonchev–Trinajstić information content (AvgIpc) is 2.61. The number of rotatable bonds is 3. The van der Waals surface area contributed by atoms with Crippen LogP contribution in [-0.2, 0) is 11.3 Å². The van der Waals surface area contributed by atoms with E-state index in [2.05, 4.69) is 9.88 Å². The molecule has 0 aliphatic carbocycles. The monoisotopic (exact) mass is 268 g/mol. The van der Waals surface area contributed by atoms with Crippen LogP contribution in [0.2, 0.25) is 5.15 Å². The van der Waals surface area contributed by atoms with Crippen LogP contribution in [0.3, 0.4) is 0 Å². The zero-order valence-electron chi connectivity index (χ0n) is 9.68. The van der Waals surface area contributed by atoms with Crippen LogP contribution in [0.1, 0.15) is 12.5 Å². The van der Waals surface area contributed by atoms with E-state index in [0.29, 0.717) is 10.2 Å². The predicted molar refractivity (Wildman–Crippen MR) is 71.9 cm³/mol. The van der Waals surface area contributed by atoms with Gasteiger partial charge in [-0.15, -0.1) is 0 Å². The molecule has 0 spiro atoms. The molecule has 2 rings (SSSR count). The highest BCUT2D eigenvalue weighted by atomic mass is 35.5. The minimum atomic E-state index is 0.0211. The van der Waals surface area contributed by atoms with Gasteiger partial charge in [-0.1, -0.05) is 17.7 Å². The third-order valence-electron chi connectivity index (χ3n) is 2.62. The number of likely N-dealkylation sites (N-methyl/N-ethyl adjacent to an activating group) is 1. The Labute approximate surface area is 111 Å². The molecule has 0 radical (unpaired) electrons. The molecular formula is C12H13ClN2OS. The molecule has 0 bridgehead atoms. The van der Waals surface area contributed by atoms with E-state index in [0.717, 1.165) is 17.8 Å². The molecule has 1 aromatic rings. The van der Waals surface area contributed by atoms with Crippen molar-refractivity contribution in [1.29, 1.82) is 0 Å². The van der Waals surface area contributed by atoms with Gasteiger partial charge in [-0.2, -0.15) is 0 Å². The lowest BCUT2D eigenvalue weighted by Crippen LogP contribution is -2.23. The van der Waals surface area contributed by atoms with Gasteiger partial charge in [0.05, 0.1) is 5.70 Å². The zero-order chi connectivity index (χ0) is 12.4. The van der Waals surface area contributed by atoms with Gasteiger partial charge in [0, 0.05) is 25.9 Å². The van der Waals surface area contributed by atoms with Crippen molar-refractivity contribution in [3.05, 3.63) is 40.8 Å². The fourth-order valence-electron chi connectivity index (χ4n) is 1.79. The number of nitrogens with zero attached hydrogens (tertiary/aromatic N) is 2. The predicted octanol–water partition coefficient (Wildman–Crippen LogP) is 2.80. The normalized spacial score (nSPS) is 18.9. The highest BCUT2D eigenvalue weighted by molar-refractivity contribution is 7.80. The van der Waals surface area contributed by atoms with Crippen LogP contribution >= 0.6 is 23.8 Å². The lowest BCUT2D eigenvalue weighted by Gasteiger charge is -2.22. The second-order valence-electron chi connectivity index (χ2n) is 3.99. The summed E-state index contributed by atoms with van der Waals surface area (Å²) in [5, 5.41) is 1.06. The topological polar surface area (TPSA) is 25.4 Å². The van der Waals surface area contributed by atoms with E-state index in [1.54, 1.807) is 12.3 Å². The first-order valence-corrected chi connectivity index (χ1v) is 6.08. The molecule has 0 amide bonds. The lowest BCUT2D eigenvalue weighted by molar-refractivity contribution is 0.222. The summed E-state index contributed by atoms with van der Waals surface area (Å²) >= 11 is 10.8. The molecule has 90 valence electrons. The molecule has 17 heavy (non-hydrogen) atoms. The number of halogens is 1. The Hall–Kier alpha value is -1.13. The van der Waals surface area contributed by atoms with Gasteiger partial charge < -0.3 is 9.64 Å². The van der Waals surface area contributed by atoms with Crippen molar-refractivity contribution >= 4 is 28.9 Å². The van der Waals surface area contributed by atoms with E-state index < -0.39 is 0 Å².